The maximum absolute atomic E-state index is 6.45. The molecule has 140 valence electrons. The molecule has 0 saturated carbocycles. The number of ether oxygens (including phenoxy) is 1. The summed E-state index contributed by atoms with van der Waals surface area (Å²) in [5.41, 5.74) is 3.10. The zero-order valence-corrected chi connectivity index (χ0v) is 16.7. The van der Waals surface area contributed by atoms with E-state index in [1.54, 1.807) is 0 Å². The van der Waals surface area contributed by atoms with Gasteiger partial charge in [0.2, 0.25) is 0 Å². The van der Waals surface area contributed by atoms with Crippen LogP contribution < -0.4 is 10.1 Å². The van der Waals surface area contributed by atoms with Crippen molar-refractivity contribution in [2.45, 2.75) is 13.2 Å². The van der Waals surface area contributed by atoms with Crippen molar-refractivity contribution in [2.24, 2.45) is 0 Å². The number of fused-ring (bicyclic) bond motifs is 1. The second kappa shape index (κ2) is 8.55. The summed E-state index contributed by atoms with van der Waals surface area (Å²) in [7, 11) is 0. The molecule has 0 spiro atoms. The average Bonchev–Trinajstić information content (AvgIpc) is 2.72. The van der Waals surface area contributed by atoms with Crippen LogP contribution in [0.1, 0.15) is 11.1 Å². The Morgan fingerprint density at radius 1 is 0.750 bits per heavy atom. The first-order valence-electron chi connectivity index (χ1n) is 9.07. The van der Waals surface area contributed by atoms with Gasteiger partial charge in [-0.25, -0.2) is 0 Å². The van der Waals surface area contributed by atoms with Crippen molar-refractivity contribution >= 4 is 39.7 Å². The summed E-state index contributed by atoms with van der Waals surface area (Å²) in [4.78, 5) is 0. The Morgan fingerprint density at radius 2 is 1.54 bits per heavy atom. The standard InChI is InChI=1S/C24H19Cl2NO/c25-21-10-3-4-11-23(21)27-15-17-12-13-24(22(26)14-17)28-16-19-8-5-7-18-6-1-2-9-20(18)19/h1-14,27H,15-16H2. The number of nitrogens with one attached hydrogen (secondary N) is 1. The van der Waals surface area contributed by atoms with E-state index in [1.165, 1.54) is 10.8 Å². The molecular formula is C24H19Cl2NO. The largest absolute Gasteiger partial charge is 0.487 e. The molecule has 0 aliphatic rings. The fourth-order valence-electron chi connectivity index (χ4n) is 3.15. The van der Waals surface area contributed by atoms with Crippen LogP contribution in [0.25, 0.3) is 10.8 Å². The van der Waals surface area contributed by atoms with Gasteiger partial charge >= 0.3 is 0 Å². The van der Waals surface area contributed by atoms with E-state index in [0.29, 0.717) is 28.9 Å². The van der Waals surface area contributed by atoms with Crippen LogP contribution in [0.3, 0.4) is 0 Å². The summed E-state index contributed by atoms with van der Waals surface area (Å²) in [6, 6.07) is 28.0. The molecule has 0 aliphatic carbocycles. The predicted octanol–water partition coefficient (Wildman–Crippen LogP) is 7.34. The van der Waals surface area contributed by atoms with E-state index in [1.807, 2.05) is 60.7 Å². The Hall–Kier alpha value is -2.68. The summed E-state index contributed by atoms with van der Waals surface area (Å²) >= 11 is 12.6. The van der Waals surface area contributed by atoms with Crippen molar-refractivity contribution in [1.29, 1.82) is 0 Å². The molecule has 4 aromatic carbocycles. The van der Waals surface area contributed by atoms with Gasteiger partial charge in [0.05, 0.1) is 15.7 Å². The number of hydrogen-bond donors (Lipinski definition) is 1. The third kappa shape index (κ3) is 4.24. The van der Waals surface area contributed by atoms with Crippen molar-refractivity contribution in [3.05, 3.63) is 106 Å². The molecule has 0 aliphatic heterocycles. The number of para-hydroxylation sites is 1. The lowest BCUT2D eigenvalue weighted by molar-refractivity contribution is 0.308. The maximum atomic E-state index is 6.45. The lowest BCUT2D eigenvalue weighted by Gasteiger charge is -2.12. The van der Waals surface area contributed by atoms with Crippen LogP contribution in [0, 0.1) is 0 Å². The van der Waals surface area contributed by atoms with Gasteiger partial charge in [-0.2, -0.15) is 0 Å². The molecule has 0 unspecified atom stereocenters. The van der Waals surface area contributed by atoms with Crippen molar-refractivity contribution in [3.8, 4) is 5.75 Å². The lowest BCUT2D eigenvalue weighted by Crippen LogP contribution is -2.01. The highest BCUT2D eigenvalue weighted by molar-refractivity contribution is 6.33. The summed E-state index contributed by atoms with van der Waals surface area (Å²) in [6.45, 7) is 1.10. The lowest BCUT2D eigenvalue weighted by atomic mass is 10.1. The molecule has 1 N–H and O–H groups in total. The van der Waals surface area contributed by atoms with Crippen LogP contribution in [0.15, 0.2) is 84.9 Å². The van der Waals surface area contributed by atoms with Crippen LogP contribution >= 0.6 is 23.2 Å². The minimum absolute atomic E-state index is 0.471. The Bertz CT molecular complexity index is 1110. The van der Waals surface area contributed by atoms with E-state index < -0.39 is 0 Å². The van der Waals surface area contributed by atoms with E-state index in [2.05, 4.69) is 29.6 Å². The Kier molecular flexibility index (Phi) is 5.70. The molecule has 0 fully saturated rings. The van der Waals surface area contributed by atoms with Gasteiger partial charge in [-0.1, -0.05) is 83.9 Å². The van der Waals surface area contributed by atoms with E-state index in [0.717, 1.165) is 16.8 Å². The van der Waals surface area contributed by atoms with Crippen molar-refractivity contribution in [2.75, 3.05) is 5.32 Å². The predicted molar refractivity (Wildman–Crippen MR) is 119 cm³/mol. The molecule has 2 nitrogen and oxygen atoms in total. The zero-order chi connectivity index (χ0) is 19.3. The Morgan fingerprint density at radius 3 is 2.39 bits per heavy atom. The smallest absolute Gasteiger partial charge is 0.138 e. The van der Waals surface area contributed by atoms with Gasteiger partial charge in [-0.3, -0.25) is 0 Å². The molecule has 0 saturated heterocycles. The molecule has 28 heavy (non-hydrogen) atoms. The average molecular weight is 408 g/mol. The minimum atomic E-state index is 0.471. The highest BCUT2D eigenvalue weighted by Crippen LogP contribution is 2.28. The van der Waals surface area contributed by atoms with Gasteiger partial charge in [0, 0.05) is 6.54 Å². The molecule has 0 atom stereocenters. The monoisotopic (exact) mass is 407 g/mol. The topological polar surface area (TPSA) is 21.3 Å². The van der Waals surface area contributed by atoms with Gasteiger partial charge in [0.15, 0.2) is 0 Å². The summed E-state index contributed by atoms with van der Waals surface area (Å²) in [6.07, 6.45) is 0. The summed E-state index contributed by atoms with van der Waals surface area (Å²) in [5, 5.41) is 7.02. The van der Waals surface area contributed by atoms with E-state index in [4.69, 9.17) is 27.9 Å². The van der Waals surface area contributed by atoms with Gasteiger partial charge in [0.25, 0.3) is 0 Å². The van der Waals surface area contributed by atoms with E-state index in [9.17, 15) is 0 Å². The van der Waals surface area contributed by atoms with Gasteiger partial charge in [0.1, 0.15) is 12.4 Å². The number of hydrogen-bond acceptors (Lipinski definition) is 2. The second-order valence-electron chi connectivity index (χ2n) is 6.53. The Balaban J connectivity index is 1.44. The third-order valence-corrected chi connectivity index (χ3v) is 5.24. The van der Waals surface area contributed by atoms with Crippen molar-refractivity contribution in [1.82, 2.24) is 0 Å². The van der Waals surface area contributed by atoms with Gasteiger partial charge in [-0.05, 0) is 46.2 Å². The van der Waals surface area contributed by atoms with Crippen molar-refractivity contribution in [3.63, 3.8) is 0 Å². The third-order valence-electron chi connectivity index (χ3n) is 4.62. The molecule has 0 heterocycles. The van der Waals surface area contributed by atoms with Crippen molar-refractivity contribution < 1.29 is 4.74 Å². The van der Waals surface area contributed by atoms with E-state index in [-0.39, 0.29) is 0 Å². The molecular weight excluding hydrogens is 389 g/mol. The molecule has 0 amide bonds. The first-order chi connectivity index (χ1) is 13.7. The molecule has 4 aromatic rings. The SMILES string of the molecule is Clc1ccccc1NCc1ccc(OCc2cccc3ccccc23)c(Cl)c1. The molecule has 0 aromatic heterocycles. The maximum Gasteiger partial charge on any atom is 0.138 e. The summed E-state index contributed by atoms with van der Waals surface area (Å²) in [5.74, 6) is 0.677. The number of rotatable bonds is 6. The zero-order valence-electron chi connectivity index (χ0n) is 15.2. The van der Waals surface area contributed by atoms with Crippen LogP contribution in [-0.4, -0.2) is 0 Å². The first-order valence-corrected chi connectivity index (χ1v) is 9.82. The highest BCUT2D eigenvalue weighted by Gasteiger charge is 2.06. The van der Waals surface area contributed by atoms with Crippen LogP contribution in [0.4, 0.5) is 5.69 Å². The second-order valence-corrected chi connectivity index (χ2v) is 7.34. The van der Waals surface area contributed by atoms with Gasteiger partial charge < -0.3 is 10.1 Å². The highest BCUT2D eigenvalue weighted by atomic mass is 35.5. The van der Waals surface area contributed by atoms with E-state index >= 15 is 0 Å². The summed E-state index contributed by atoms with van der Waals surface area (Å²) < 4.78 is 5.99. The molecule has 0 bridgehead atoms. The molecule has 4 rings (SSSR count). The minimum Gasteiger partial charge on any atom is -0.487 e. The quantitative estimate of drug-likeness (QED) is 0.360. The number of anilines is 1. The van der Waals surface area contributed by atoms with Crippen LogP contribution in [0.5, 0.6) is 5.75 Å². The Labute approximate surface area is 174 Å². The first kappa shape index (κ1) is 18.7. The molecule has 4 heteroatoms. The number of benzene rings is 4. The van der Waals surface area contributed by atoms with Crippen LogP contribution in [0.2, 0.25) is 10.0 Å². The fraction of sp³-hybridized carbons (Fsp3) is 0.0833. The van der Waals surface area contributed by atoms with Gasteiger partial charge in [-0.15, -0.1) is 0 Å². The molecule has 0 radical (unpaired) electrons. The van der Waals surface area contributed by atoms with Crippen LogP contribution in [-0.2, 0) is 13.2 Å². The number of halogens is 2. The normalized spacial score (nSPS) is 10.8. The fourth-order valence-corrected chi connectivity index (χ4v) is 3.61.